The molecule has 128 valence electrons. The molecule has 0 aliphatic heterocycles. The summed E-state index contributed by atoms with van der Waals surface area (Å²) in [4.78, 5) is 5.88. The van der Waals surface area contributed by atoms with E-state index >= 15 is 0 Å². The smallest absolute Gasteiger partial charge is 0.227 e. The van der Waals surface area contributed by atoms with Gasteiger partial charge in [-0.15, -0.1) is 11.3 Å². The third-order valence-corrected chi connectivity index (χ3v) is 5.97. The number of rotatable bonds is 2. The number of nitrogens with zero attached hydrogens (tertiary/aromatic N) is 1. The lowest BCUT2D eigenvalue weighted by atomic mass is 10.1. The maximum atomic E-state index is 6.07. The Morgan fingerprint density at radius 1 is 0.741 bits per heavy atom. The van der Waals surface area contributed by atoms with Crippen LogP contribution < -0.4 is 0 Å². The minimum atomic E-state index is 0.608. The molecule has 3 nitrogen and oxygen atoms in total. The molecule has 0 saturated carbocycles. The van der Waals surface area contributed by atoms with Gasteiger partial charge in [0, 0.05) is 20.5 Å². The number of hydrogen-bond donors (Lipinski definition) is 0. The summed E-state index contributed by atoms with van der Waals surface area (Å²) in [6.45, 7) is 0. The average molecular weight is 367 g/mol. The van der Waals surface area contributed by atoms with Crippen LogP contribution in [0.25, 0.3) is 54.0 Å². The topological polar surface area (TPSA) is 39.2 Å². The fourth-order valence-electron chi connectivity index (χ4n) is 3.41. The fraction of sp³-hybridized carbons (Fsp3) is 0. The van der Waals surface area contributed by atoms with Crippen LogP contribution in [-0.2, 0) is 0 Å². The zero-order valence-electron chi connectivity index (χ0n) is 14.2. The zero-order chi connectivity index (χ0) is 17.8. The predicted octanol–water partition coefficient (Wildman–Crippen LogP) is 7.12. The summed E-state index contributed by atoms with van der Waals surface area (Å²) in [7, 11) is 0. The van der Waals surface area contributed by atoms with Gasteiger partial charge < -0.3 is 8.83 Å². The van der Waals surface area contributed by atoms with E-state index in [1.54, 1.807) is 17.6 Å². The van der Waals surface area contributed by atoms with Gasteiger partial charge in [-0.2, -0.15) is 0 Å². The first kappa shape index (κ1) is 14.8. The minimum absolute atomic E-state index is 0.608. The summed E-state index contributed by atoms with van der Waals surface area (Å²) in [6, 6.07) is 24.8. The molecular formula is C23H13NO2S. The van der Waals surface area contributed by atoms with Gasteiger partial charge in [-0.25, -0.2) is 4.98 Å². The van der Waals surface area contributed by atoms with Gasteiger partial charge in [0.05, 0.1) is 6.26 Å². The molecule has 3 aromatic carbocycles. The van der Waals surface area contributed by atoms with Gasteiger partial charge in [-0.3, -0.25) is 0 Å². The van der Waals surface area contributed by atoms with Crippen LogP contribution in [0.15, 0.2) is 87.9 Å². The highest BCUT2D eigenvalue weighted by Crippen LogP contribution is 2.35. The van der Waals surface area contributed by atoms with Crippen molar-refractivity contribution in [1.82, 2.24) is 4.98 Å². The van der Waals surface area contributed by atoms with Gasteiger partial charge in [-0.05, 0) is 53.4 Å². The summed E-state index contributed by atoms with van der Waals surface area (Å²) < 4.78 is 12.8. The Labute approximate surface area is 158 Å². The van der Waals surface area contributed by atoms with E-state index in [-0.39, 0.29) is 0 Å². The van der Waals surface area contributed by atoms with E-state index in [1.165, 1.54) is 15.0 Å². The molecule has 0 saturated heterocycles. The fourth-order valence-corrected chi connectivity index (χ4v) is 4.47. The van der Waals surface area contributed by atoms with Crippen LogP contribution >= 0.6 is 11.3 Å². The van der Waals surface area contributed by atoms with Crippen molar-refractivity contribution in [3.8, 4) is 21.9 Å². The molecule has 4 heteroatoms. The van der Waals surface area contributed by atoms with Gasteiger partial charge >= 0.3 is 0 Å². The van der Waals surface area contributed by atoms with Gasteiger partial charge in [-0.1, -0.05) is 30.3 Å². The quantitative estimate of drug-likeness (QED) is 0.327. The predicted molar refractivity (Wildman–Crippen MR) is 110 cm³/mol. The highest BCUT2D eigenvalue weighted by Gasteiger charge is 2.12. The first-order valence-corrected chi connectivity index (χ1v) is 9.52. The molecule has 3 aromatic heterocycles. The summed E-state index contributed by atoms with van der Waals surface area (Å²) in [5.74, 6) is 0.608. The largest absolute Gasteiger partial charge is 0.464 e. The maximum Gasteiger partial charge on any atom is 0.227 e. The van der Waals surface area contributed by atoms with E-state index in [2.05, 4.69) is 47.4 Å². The number of fused-ring (bicyclic) bond motifs is 3. The molecule has 0 aliphatic rings. The van der Waals surface area contributed by atoms with Gasteiger partial charge in [0.2, 0.25) is 5.89 Å². The van der Waals surface area contributed by atoms with Crippen LogP contribution in [0.4, 0.5) is 0 Å². The standard InChI is InChI=1S/C23H13NO2S/c1-2-4-21-15(3-1)13-22(27-21)16-7-8-18-20(11-16)26-23(24-18)17-6-5-14-9-10-25-19(14)12-17/h1-13H. The van der Waals surface area contributed by atoms with Crippen LogP contribution in [0.5, 0.6) is 0 Å². The Kier molecular flexibility index (Phi) is 3.04. The zero-order valence-corrected chi connectivity index (χ0v) is 15.0. The van der Waals surface area contributed by atoms with Crippen molar-refractivity contribution >= 4 is 43.5 Å². The van der Waals surface area contributed by atoms with Gasteiger partial charge in [0.25, 0.3) is 0 Å². The van der Waals surface area contributed by atoms with E-state index < -0.39 is 0 Å². The summed E-state index contributed by atoms with van der Waals surface area (Å²) in [5, 5.41) is 2.34. The van der Waals surface area contributed by atoms with Crippen molar-refractivity contribution in [1.29, 1.82) is 0 Å². The maximum absolute atomic E-state index is 6.07. The van der Waals surface area contributed by atoms with E-state index in [0.717, 1.165) is 33.2 Å². The molecule has 0 N–H and O–H groups in total. The highest BCUT2D eigenvalue weighted by atomic mass is 32.1. The van der Waals surface area contributed by atoms with E-state index in [0.29, 0.717) is 5.89 Å². The Morgan fingerprint density at radius 2 is 1.63 bits per heavy atom. The monoisotopic (exact) mass is 367 g/mol. The van der Waals surface area contributed by atoms with Crippen molar-refractivity contribution in [2.75, 3.05) is 0 Å². The lowest BCUT2D eigenvalue weighted by Gasteiger charge is -1.96. The molecule has 0 spiro atoms. The minimum Gasteiger partial charge on any atom is -0.464 e. The Balaban J connectivity index is 1.46. The van der Waals surface area contributed by atoms with Gasteiger partial charge in [0.1, 0.15) is 11.1 Å². The van der Waals surface area contributed by atoms with Crippen molar-refractivity contribution in [3.63, 3.8) is 0 Å². The summed E-state index contributed by atoms with van der Waals surface area (Å²) >= 11 is 1.79. The summed E-state index contributed by atoms with van der Waals surface area (Å²) in [5.41, 5.74) is 4.54. The first-order chi connectivity index (χ1) is 13.3. The number of benzene rings is 3. The molecule has 27 heavy (non-hydrogen) atoms. The molecule has 0 unspecified atom stereocenters. The number of hydrogen-bond acceptors (Lipinski definition) is 4. The second kappa shape index (κ2) is 5.56. The Morgan fingerprint density at radius 3 is 2.59 bits per heavy atom. The SMILES string of the molecule is c1ccc2sc(-c3ccc4nc(-c5ccc6ccoc6c5)oc4c3)cc2c1. The summed E-state index contributed by atoms with van der Waals surface area (Å²) in [6.07, 6.45) is 1.69. The molecule has 6 rings (SSSR count). The number of furan rings is 1. The molecule has 0 fully saturated rings. The Bertz CT molecular complexity index is 1400. The third-order valence-electron chi connectivity index (χ3n) is 4.80. The second-order valence-corrected chi connectivity index (χ2v) is 7.61. The third kappa shape index (κ3) is 2.38. The normalized spacial score (nSPS) is 11.7. The van der Waals surface area contributed by atoms with Crippen LogP contribution in [0.3, 0.4) is 0 Å². The molecule has 0 atom stereocenters. The molecule has 6 aromatic rings. The van der Waals surface area contributed by atoms with Crippen LogP contribution in [-0.4, -0.2) is 4.98 Å². The lowest BCUT2D eigenvalue weighted by molar-refractivity contribution is 0.611. The van der Waals surface area contributed by atoms with Crippen molar-refractivity contribution in [3.05, 3.63) is 79.1 Å². The van der Waals surface area contributed by atoms with Crippen LogP contribution in [0.2, 0.25) is 0 Å². The molecule has 3 heterocycles. The van der Waals surface area contributed by atoms with Crippen molar-refractivity contribution in [2.45, 2.75) is 0 Å². The number of thiophene rings is 1. The number of oxazole rings is 1. The Hall–Kier alpha value is -3.37. The lowest BCUT2D eigenvalue weighted by Crippen LogP contribution is -1.76. The molecular weight excluding hydrogens is 354 g/mol. The second-order valence-electron chi connectivity index (χ2n) is 6.52. The average Bonchev–Trinajstić information content (AvgIpc) is 3.42. The van der Waals surface area contributed by atoms with E-state index in [4.69, 9.17) is 8.83 Å². The van der Waals surface area contributed by atoms with Crippen LogP contribution in [0, 0.1) is 0 Å². The molecule has 0 bridgehead atoms. The highest BCUT2D eigenvalue weighted by molar-refractivity contribution is 7.22. The van der Waals surface area contributed by atoms with E-state index in [9.17, 15) is 0 Å². The van der Waals surface area contributed by atoms with Crippen LogP contribution in [0.1, 0.15) is 0 Å². The van der Waals surface area contributed by atoms with E-state index in [1.807, 2.05) is 30.3 Å². The molecule has 0 amide bonds. The van der Waals surface area contributed by atoms with Crippen molar-refractivity contribution < 1.29 is 8.83 Å². The van der Waals surface area contributed by atoms with Crippen molar-refractivity contribution in [2.24, 2.45) is 0 Å². The molecule has 0 radical (unpaired) electrons. The van der Waals surface area contributed by atoms with Gasteiger partial charge in [0.15, 0.2) is 5.58 Å². The molecule has 0 aliphatic carbocycles. The first-order valence-electron chi connectivity index (χ1n) is 8.71. The number of aromatic nitrogens is 1.